The van der Waals surface area contributed by atoms with Gasteiger partial charge in [-0.1, -0.05) is 158 Å². The van der Waals surface area contributed by atoms with E-state index < -0.39 is 0 Å². The van der Waals surface area contributed by atoms with E-state index >= 15 is 0 Å². The van der Waals surface area contributed by atoms with Crippen LogP contribution in [0.25, 0.3) is 87.6 Å². The van der Waals surface area contributed by atoms with Crippen LogP contribution < -0.4 is 0 Å². The molecule has 0 heteroatoms. The van der Waals surface area contributed by atoms with E-state index in [1.54, 1.807) is 0 Å². The monoisotopic (exact) mass is 582 g/mol. The lowest BCUT2D eigenvalue weighted by Gasteiger charge is -2.16. The van der Waals surface area contributed by atoms with Gasteiger partial charge in [-0.05, 0) is 112 Å². The SMILES string of the molecule is c1ccc(-c2cccc3cc4c(-c5ccccc5-c5ccc6ccccc6c5)cccc4cc23)c(-c2ccc3ccccc3c2)c1. The van der Waals surface area contributed by atoms with Gasteiger partial charge in [-0.15, -0.1) is 0 Å². The Labute approximate surface area is 268 Å². The van der Waals surface area contributed by atoms with Gasteiger partial charge in [0.25, 0.3) is 0 Å². The molecule has 0 saturated carbocycles. The Balaban J connectivity index is 1.21. The lowest BCUT2D eigenvalue weighted by molar-refractivity contribution is 1.61. The van der Waals surface area contributed by atoms with Gasteiger partial charge in [0.15, 0.2) is 0 Å². The maximum absolute atomic E-state index is 2.39. The highest BCUT2D eigenvalue weighted by atomic mass is 14.2. The van der Waals surface area contributed by atoms with E-state index in [1.807, 2.05) is 0 Å². The zero-order valence-corrected chi connectivity index (χ0v) is 25.3. The summed E-state index contributed by atoms with van der Waals surface area (Å²) < 4.78 is 0. The second-order valence-corrected chi connectivity index (χ2v) is 12.1. The molecule has 0 radical (unpaired) electrons. The predicted octanol–water partition coefficient (Wildman–Crippen LogP) is 13.0. The van der Waals surface area contributed by atoms with Gasteiger partial charge >= 0.3 is 0 Å². The largest absolute Gasteiger partial charge is 0.0616 e. The van der Waals surface area contributed by atoms with Crippen molar-refractivity contribution in [1.82, 2.24) is 0 Å². The van der Waals surface area contributed by atoms with Crippen LogP contribution in [0.5, 0.6) is 0 Å². The fraction of sp³-hybridized carbons (Fsp3) is 0. The van der Waals surface area contributed by atoms with Crippen LogP contribution in [0.3, 0.4) is 0 Å². The van der Waals surface area contributed by atoms with Crippen molar-refractivity contribution in [2.45, 2.75) is 0 Å². The average Bonchev–Trinajstić information content (AvgIpc) is 3.13. The van der Waals surface area contributed by atoms with Crippen LogP contribution in [0.15, 0.2) is 182 Å². The first-order valence-corrected chi connectivity index (χ1v) is 15.9. The van der Waals surface area contributed by atoms with Crippen molar-refractivity contribution < 1.29 is 0 Å². The minimum absolute atomic E-state index is 1.24. The molecule has 0 bridgehead atoms. The zero-order chi connectivity index (χ0) is 30.5. The Kier molecular flexibility index (Phi) is 6.25. The molecule has 0 nitrogen and oxygen atoms in total. The van der Waals surface area contributed by atoms with E-state index in [-0.39, 0.29) is 0 Å². The van der Waals surface area contributed by atoms with Crippen molar-refractivity contribution in [3.05, 3.63) is 182 Å². The minimum atomic E-state index is 1.24. The third kappa shape index (κ3) is 4.47. The molecule has 0 unspecified atom stereocenters. The molecular weight excluding hydrogens is 553 g/mol. The van der Waals surface area contributed by atoms with E-state index in [4.69, 9.17) is 0 Å². The lowest BCUT2D eigenvalue weighted by atomic mass is 9.87. The summed E-state index contributed by atoms with van der Waals surface area (Å²) in [4.78, 5) is 0. The molecular formula is C46H30. The Hall–Kier alpha value is -5.98. The van der Waals surface area contributed by atoms with Crippen molar-refractivity contribution in [3.63, 3.8) is 0 Å². The Morgan fingerprint density at radius 1 is 0.196 bits per heavy atom. The summed E-state index contributed by atoms with van der Waals surface area (Å²) in [6, 6.07) is 66.6. The predicted molar refractivity (Wildman–Crippen MR) is 198 cm³/mol. The van der Waals surface area contributed by atoms with Crippen LogP contribution in [0, 0.1) is 0 Å². The fourth-order valence-corrected chi connectivity index (χ4v) is 7.17. The molecule has 0 aliphatic carbocycles. The quantitative estimate of drug-likeness (QED) is 0.181. The van der Waals surface area contributed by atoms with Crippen LogP contribution in [0.1, 0.15) is 0 Å². The van der Waals surface area contributed by atoms with E-state index in [9.17, 15) is 0 Å². The highest BCUT2D eigenvalue weighted by molar-refractivity contribution is 6.11. The summed E-state index contributed by atoms with van der Waals surface area (Å²) in [5, 5.41) is 10.1. The van der Waals surface area contributed by atoms with Crippen molar-refractivity contribution in [3.8, 4) is 44.5 Å². The van der Waals surface area contributed by atoms with E-state index in [0.717, 1.165) is 0 Å². The molecule has 0 N–H and O–H groups in total. The fourth-order valence-electron chi connectivity index (χ4n) is 7.17. The third-order valence-corrected chi connectivity index (χ3v) is 9.43. The molecule has 214 valence electrons. The Morgan fingerprint density at radius 3 is 1.00 bits per heavy atom. The second-order valence-electron chi connectivity index (χ2n) is 12.1. The van der Waals surface area contributed by atoms with Crippen molar-refractivity contribution in [2.24, 2.45) is 0 Å². The first-order chi connectivity index (χ1) is 22.8. The number of hydrogen-bond acceptors (Lipinski definition) is 0. The van der Waals surface area contributed by atoms with Crippen LogP contribution >= 0.6 is 0 Å². The topological polar surface area (TPSA) is 0 Å². The summed E-state index contributed by atoms with van der Waals surface area (Å²) in [6.07, 6.45) is 0. The molecule has 9 rings (SSSR count). The van der Waals surface area contributed by atoms with Crippen LogP contribution in [-0.2, 0) is 0 Å². The molecule has 0 saturated heterocycles. The normalized spacial score (nSPS) is 11.5. The van der Waals surface area contributed by atoms with Crippen molar-refractivity contribution in [2.75, 3.05) is 0 Å². The number of rotatable bonds is 4. The molecule has 0 heterocycles. The number of hydrogen-bond donors (Lipinski definition) is 0. The Bertz CT molecular complexity index is 2400. The minimum Gasteiger partial charge on any atom is -0.0616 e. The molecule has 0 spiro atoms. The van der Waals surface area contributed by atoms with Gasteiger partial charge in [0.2, 0.25) is 0 Å². The summed E-state index contributed by atoms with van der Waals surface area (Å²) in [5.74, 6) is 0. The summed E-state index contributed by atoms with van der Waals surface area (Å²) in [7, 11) is 0. The molecule has 0 aromatic heterocycles. The van der Waals surface area contributed by atoms with Gasteiger partial charge in [-0.3, -0.25) is 0 Å². The molecule has 0 atom stereocenters. The van der Waals surface area contributed by atoms with Gasteiger partial charge in [-0.25, -0.2) is 0 Å². The number of fused-ring (bicyclic) bond motifs is 4. The van der Waals surface area contributed by atoms with Crippen LogP contribution in [0.2, 0.25) is 0 Å². The first-order valence-electron chi connectivity index (χ1n) is 15.9. The van der Waals surface area contributed by atoms with Crippen molar-refractivity contribution >= 4 is 43.1 Å². The first kappa shape index (κ1) is 26.4. The Morgan fingerprint density at radius 2 is 0.543 bits per heavy atom. The molecule has 9 aromatic carbocycles. The number of benzene rings is 9. The van der Waals surface area contributed by atoms with Crippen LogP contribution in [0.4, 0.5) is 0 Å². The third-order valence-electron chi connectivity index (χ3n) is 9.43. The smallest absolute Gasteiger partial charge is 0.00988 e. The highest BCUT2D eigenvalue weighted by Crippen LogP contribution is 2.41. The van der Waals surface area contributed by atoms with Gasteiger partial charge in [0, 0.05) is 0 Å². The van der Waals surface area contributed by atoms with E-state index in [0.29, 0.717) is 0 Å². The standard InChI is InChI=1S/C46H30/c1-3-13-33-27-37(25-23-31(33)11-1)39-17-5-7-19-41(39)43-21-9-15-35-30-46-36(29-45(35)43)16-10-22-44(46)42-20-8-6-18-40(42)38-26-24-32-12-2-4-14-34(32)28-38/h1-30H. The van der Waals surface area contributed by atoms with Gasteiger partial charge < -0.3 is 0 Å². The van der Waals surface area contributed by atoms with Gasteiger partial charge in [0.05, 0.1) is 0 Å². The molecule has 0 amide bonds. The van der Waals surface area contributed by atoms with Gasteiger partial charge in [0.1, 0.15) is 0 Å². The van der Waals surface area contributed by atoms with Crippen LogP contribution in [-0.4, -0.2) is 0 Å². The lowest BCUT2D eigenvalue weighted by Crippen LogP contribution is -1.90. The molecule has 0 aliphatic heterocycles. The molecule has 0 fully saturated rings. The summed E-state index contributed by atoms with van der Waals surface area (Å²) in [6.45, 7) is 0. The van der Waals surface area contributed by atoms with Gasteiger partial charge in [-0.2, -0.15) is 0 Å². The maximum Gasteiger partial charge on any atom is -0.00988 e. The van der Waals surface area contributed by atoms with E-state index in [2.05, 4.69) is 182 Å². The summed E-state index contributed by atoms with van der Waals surface area (Å²) in [5.41, 5.74) is 9.98. The van der Waals surface area contributed by atoms with Crippen molar-refractivity contribution in [1.29, 1.82) is 0 Å². The van der Waals surface area contributed by atoms with E-state index in [1.165, 1.54) is 87.6 Å². The average molecular weight is 583 g/mol. The molecule has 9 aromatic rings. The zero-order valence-electron chi connectivity index (χ0n) is 25.3. The maximum atomic E-state index is 2.39. The second kappa shape index (κ2) is 10.9. The highest BCUT2D eigenvalue weighted by Gasteiger charge is 2.15. The molecule has 46 heavy (non-hydrogen) atoms. The summed E-state index contributed by atoms with van der Waals surface area (Å²) >= 11 is 0. The molecule has 0 aliphatic rings.